The molecule has 0 saturated heterocycles. The summed E-state index contributed by atoms with van der Waals surface area (Å²) >= 11 is 5.92. The van der Waals surface area contributed by atoms with Gasteiger partial charge in [0.1, 0.15) is 11.6 Å². The van der Waals surface area contributed by atoms with E-state index in [2.05, 4.69) is 48.0 Å². The van der Waals surface area contributed by atoms with E-state index in [4.69, 9.17) is 21.3 Å². The first-order valence-corrected chi connectivity index (χ1v) is 12.0. The summed E-state index contributed by atoms with van der Waals surface area (Å²) in [4.78, 5) is 17.2. The molecule has 4 rings (SSSR count). The quantitative estimate of drug-likeness (QED) is 0.300. The summed E-state index contributed by atoms with van der Waals surface area (Å²) in [6, 6.07) is 21.8. The van der Waals surface area contributed by atoms with Gasteiger partial charge in [0.15, 0.2) is 0 Å². The Labute approximate surface area is 205 Å². The number of para-hydroxylation sites is 2. The lowest BCUT2D eigenvalue weighted by Crippen LogP contribution is -2.28. The number of benzene rings is 3. The Kier molecular flexibility index (Phi) is 7.86. The van der Waals surface area contributed by atoms with Crippen molar-refractivity contribution in [1.82, 2.24) is 14.9 Å². The number of carbonyl (C=O) groups is 1. The molecule has 0 fully saturated rings. The summed E-state index contributed by atoms with van der Waals surface area (Å²) in [5.41, 5.74) is 5.37. The maximum atomic E-state index is 12.4. The van der Waals surface area contributed by atoms with Crippen LogP contribution in [0.3, 0.4) is 0 Å². The van der Waals surface area contributed by atoms with E-state index in [-0.39, 0.29) is 5.91 Å². The molecule has 0 spiro atoms. The van der Waals surface area contributed by atoms with Gasteiger partial charge in [-0.1, -0.05) is 48.0 Å². The summed E-state index contributed by atoms with van der Waals surface area (Å²) < 4.78 is 8.29. The second-order valence-electron chi connectivity index (χ2n) is 8.54. The van der Waals surface area contributed by atoms with Gasteiger partial charge in [0.25, 0.3) is 0 Å². The molecular formula is C28H30ClN3O2. The molecule has 0 bridgehead atoms. The highest BCUT2D eigenvalue weighted by molar-refractivity contribution is 6.30. The Hall–Kier alpha value is -3.31. The van der Waals surface area contributed by atoms with Gasteiger partial charge in [-0.2, -0.15) is 0 Å². The largest absolute Gasteiger partial charge is 0.493 e. The second-order valence-corrected chi connectivity index (χ2v) is 8.98. The van der Waals surface area contributed by atoms with E-state index in [0.717, 1.165) is 46.7 Å². The van der Waals surface area contributed by atoms with Gasteiger partial charge < -0.3 is 14.6 Å². The van der Waals surface area contributed by atoms with E-state index < -0.39 is 0 Å². The molecule has 0 aliphatic heterocycles. The predicted octanol–water partition coefficient (Wildman–Crippen LogP) is 5.68. The summed E-state index contributed by atoms with van der Waals surface area (Å²) in [5, 5.41) is 3.69. The van der Waals surface area contributed by atoms with Gasteiger partial charge >= 0.3 is 0 Å². The molecule has 176 valence electrons. The van der Waals surface area contributed by atoms with E-state index in [9.17, 15) is 4.79 Å². The lowest BCUT2D eigenvalue weighted by Gasteiger charge is -2.12. The summed E-state index contributed by atoms with van der Waals surface area (Å²) in [6.07, 6.45) is 1.87. The van der Waals surface area contributed by atoms with Crippen molar-refractivity contribution in [3.8, 4) is 5.75 Å². The lowest BCUT2D eigenvalue weighted by molar-refractivity contribution is -0.120. The Morgan fingerprint density at radius 2 is 1.85 bits per heavy atom. The highest BCUT2D eigenvalue weighted by Crippen LogP contribution is 2.20. The SMILES string of the molecule is Cc1ccc(C)c(OCCCn2c(CCNC(=O)Cc3ccc(Cl)cc3)nc3ccccc32)c1. The minimum atomic E-state index is -0.00749. The zero-order valence-corrected chi connectivity index (χ0v) is 20.4. The molecule has 0 saturated carbocycles. The molecule has 0 aliphatic carbocycles. The average Bonchev–Trinajstić information content (AvgIpc) is 3.17. The van der Waals surface area contributed by atoms with Gasteiger partial charge in [-0.05, 0) is 67.3 Å². The molecule has 0 unspecified atom stereocenters. The molecule has 0 atom stereocenters. The number of halogens is 1. The third kappa shape index (κ3) is 6.17. The zero-order valence-electron chi connectivity index (χ0n) is 19.7. The van der Waals surface area contributed by atoms with Crippen molar-refractivity contribution in [2.45, 2.75) is 39.7 Å². The van der Waals surface area contributed by atoms with Crippen LogP contribution in [0, 0.1) is 13.8 Å². The van der Waals surface area contributed by atoms with Crippen LogP contribution >= 0.6 is 11.6 Å². The number of carbonyl (C=O) groups excluding carboxylic acids is 1. The number of ether oxygens (including phenoxy) is 1. The zero-order chi connectivity index (χ0) is 23.9. The average molecular weight is 476 g/mol. The number of aryl methyl sites for hydroxylation is 3. The van der Waals surface area contributed by atoms with Gasteiger partial charge in [0.05, 0.1) is 24.1 Å². The fraction of sp³-hybridized carbons (Fsp3) is 0.286. The standard InChI is InChI=1S/C28H30ClN3O2/c1-20-8-9-21(2)26(18-20)34-17-5-16-32-25-7-4-3-6-24(25)31-27(32)14-15-30-28(33)19-22-10-12-23(29)13-11-22/h3-4,6-13,18H,5,14-17,19H2,1-2H3,(H,30,33). The predicted molar refractivity (Wildman–Crippen MR) is 138 cm³/mol. The van der Waals surface area contributed by atoms with Crippen LogP contribution in [-0.4, -0.2) is 28.6 Å². The van der Waals surface area contributed by atoms with Crippen LogP contribution in [0.25, 0.3) is 11.0 Å². The van der Waals surface area contributed by atoms with Crippen LogP contribution < -0.4 is 10.1 Å². The molecule has 4 aromatic rings. The molecule has 34 heavy (non-hydrogen) atoms. The van der Waals surface area contributed by atoms with Crippen molar-refractivity contribution < 1.29 is 9.53 Å². The molecule has 6 heteroatoms. The first kappa shape index (κ1) is 23.8. The van der Waals surface area contributed by atoms with Gasteiger partial charge in [0.2, 0.25) is 5.91 Å². The molecule has 1 aromatic heterocycles. The number of nitrogens with zero attached hydrogens (tertiary/aromatic N) is 2. The van der Waals surface area contributed by atoms with Crippen molar-refractivity contribution in [1.29, 1.82) is 0 Å². The van der Waals surface area contributed by atoms with Gasteiger partial charge in [-0.15, -0.1) is 0 Å². The fourth-order valence-electron chi connectivity index (χ4n) is 4.00. The number of imidazole rings is 1. The molecule has 1 amide bonds. The van der Waals surface area contributed by atoms with Crippen LogP contribution in [0.4, 0.5) is 0 Å². The minimum absolute atomic E-state index is 0.00749. The third-order valence-corrected chi connectivity index (χ3v) is 6.06. The minimum Gasteiger partial charge on any atom is -0.493 e. The van der Waals surface area contributed by atoms with E-state index in [0.29, 0.717) is 31.0 Å². The van der Waals surface area contributed by atoms with Crippen molar-refractivity contribution in [3.05, 3.63) is 94.3 Å². The number of rotatable bonds is 10. The van der Waals surface area contributed by atoms with Crippen LogP contribution in [-0.2, 0) is 24.2 Å². The normalized spacial score (nSPS) is 11.0. The third-order valence-electron chi connectivity index (χ3n) is 5.81. The first-order chi connectivity index (χ1) is 16.5. The number of hydrogen-bond donors (Lipinski definition) is 1. The maximum absolute atomic E-state index is 12.4. The van der Waals surface area contributed by atoms with Crippen molar-refractivity contribution in [2.75, 3.05) is 13.2 Å². The molecule has 0 aliphatic rings. The fourth-order valence-corrected chi connectivity index (χ4v) is 4.12. The molecule has 0 radical (unpaired) electrons. The van der Waals surface area contributed by atoms with E-state index in [1.807, 2.05) is 30.3 Å². The van der Waals surface area contributed by atoms with Crippen LogP contribution in [0.2, 0.25) is 5.02 Å². The Morgan fingerprint density at radius 3 is 2.68 bits per heavy atom. The van der Waals surface area contributed by atoms with Gasteiger partial charge in [-0.3, -0.25) is 4.79 Å². The van der Waals surface area contributed by atoms with Gasteiger partial charge in [-0.25, -0.2) is 4.98 Å². The van der Waals surface area contributed by atoms with E-state index in [1.165, 1.54) is 5.56 Å². The number of hydrogen-bond acceptors (Lipinski definition) is 3. The summed E-state index contributed by atoms with van der Waals surface area (Å²) in [5.74, 6) is 1.91. The van der Waals surface area contributed by atoms with Gasteiger partial charge in [0, 0.05) is 24.5 Å². The highest BCUT2D eigenvalue weighted by Gasteiger charge is 2.11. The second kappa shape index (κ2) is 11.2. The molecule has 1 heterocycles. The number of amides is 1. The first-order valence-electron chi connectivity index (χ1n) is 11.6. The lowest BCUT2D eigenvalue weighted by atomic mass is 10.1. The van der Waals surface area contributed by atoms with E-state index in [1.54, 1.807) is 12.1 Å². The molecule has 1 N–H and O–H groups in total. The Morgan fingerprint density at radius 1 is 1.06 bits per heavy atom. The van der Waals surface area contributed by atoms with Crippen molar-refractivity contribution >= 4 is 28.5 Å². The molecule has 5 nitrogen and oxygen atoms in total. The smallest absolute Gasteiger partial charge is 0.224 e. The molecular weight excluding hydrogens is 446 g/mol. The van der Waals surface area contributed by atoms with Crippen molar-refractivity contribution in [2.24, 2.45) is 0 Å². The highest BCUT2D eigenvalue weighted by atomic mass is 35.5. The number of nitrogens with one attached hydrogen (secondary N) is 1. The Balaban J connectivity index is 1.34. The number of fused-ring (bicyclic) bond motifs is 1. The maximum Gasteiger partial charge on any atom is 0.224 e. The topological polar surface area (TPSA) is 56.1 Å². The van der Waals surface area contributed by atoms with Crippen LogP contribution in [0.5, 0.6) is 5.75 Å². The van der Waals surface area contributed by atoms with Crippen molar-refractivity contribution in [3.63, 3.8) is 0 Å². The summed E-state index contributed by atoms with van der Waals surface area (Å²) in [7, 11) is 0. The van der Waals surface area contributed by atoms with E-state index >= 15 is 0 Å². The van der Waals surface area contributed by atoms with Crippen LogP contribution in [0.1, 0.15) is 28.9 Å². The monoisotopic (exact) mass is 475 g/mol. The Bertz CT molecular complexity index is 1260. The summed E-state index contributed by atoms with van der Waals surface area (Å²) in [6.45, 7) is 6.12. The number of aromatic nitrogens is 2. The van der Waals surface area contributed by atoms with Crippen LogP contribution in [0.15, 0.2) is 66.7 Å². The molecule has 3 aromatic carbocycles.